The average molecular weight is 327 g/mol. The third-order valence-electron chi connectivity index (χ3n) is 3.36. The van der Waals surface area contributed by atoms with Gasteiger partial charge in [0, 0.05) is 17.7 Å². The predicted molar refractivity (Wildman–Crippen MR) is 92.8 cm³/mol. The molecule has 0 radical (unpaired) electrons. The van der Waals surface area contributed by atoms with E-state index in [1.165, 1.54) is 0 Å². The van der Waals surface area contributed by atoms with Crippen LogP contribution in [0.5, 0.6) is 0 Å². The number of esters is 2. The highest BCUT2D eigenvalue weighted by atomic mass is 16.6. The van der Waals surface area contributed by atoms with Crippen molar-refractivity contribution in [2.45, 2.75) is 27.2 Å². The molecule has 0 unspecified atom stereocenters. The first-order valence-corrected chi connectivity index (χ1v) is 7.23. The lowest BCUT2D eigenvalue weighted by Gasteiger charge is -2.12. The van der Waals surface area contributed by atoms with Crippen LogP contribution in [0.4, 0.5) is 5.69 Å². The van der Waals surface area contributed by atoms with Gasteiger partial charge in [-0.15, -0.1) is 0 Å². The van der Waals surface area contributed by atoms with E-state index in [1.54, 1.807) is 36.4 Å². The van der Waals surface area contributed by atoms with Crippen molar-refractivity contribution in [3.63, 3.8) is 0 Å². The van der Waals surface area contributed by atoms with Crippen LogP contribution in [-0.4, -0.2) is 17.7 Å². The van der Waals surface area contributed by atoms with Crippen LogP contribution in [0.25, 0.3) is 0 Å². The number of cyclic esters (lactones) is 2. The van der Waals surface area contributed by atoms with Gasteiger partial charge in [-0.05, 0) is 23.8 Å². The molecule has 0 spiro atoms. The fraction of sp³-hybridized carbons (Fsp3) is 0.211. The Morgan fingerprint density at radius 1 is 1.08 bits per heavy atom. The van der Waals surface area contributed by atoms with Gasteiger partial charge in [0.15, 0.2) is 5.78 Å². The number of carbonyl (C=O) groups is 3. The van der Waals surface area contributed by atoms with Crippen molar-refractivity contribution in [2.24, 2.45) is 0 Å². The second kappa shape index (κ2) is 8.62. The van der Waals surface area contributed by atoms with Gasteiger partial charge in [0.1, 0.15) is 0 Å². The van der Waals surface area contributed by atoms with Crippen molar-refractivity contribution < 1.29 is 19.1 Å². The molecule has 3 rings (SSSR count). The number of nitrogens with two attached hydrogens (primary N) is 1. The van der Waals surface area contributed by atoms with Gasteiger partial charge in [0.25, 0.3) is 0 Å². The van der Waals surface area contributed by atoms with E-state index in [0.717, 1.165) is 5.56 Å². The van der Waals surface area contributed by atoms with Crippen LogP contribution < -0.4 is 5.73 Å². The smallest absolute Gasteiger partial charge is 0.346 e. The Labute approximate surface area is 141 Å². The minimum Gasteiger partial charge on any atom is -0.398 e. The molecule has 5 nitrogen and oxygen atoms in total. The number of fused-ring (bicyclic) bond motifs is 1. The molecule has 24 heavy (non-hydrogen) atoms. The quantitative estimate of drug-likeness (QED) is 0.395. The lowest BCUT2D eigenvalue weighted by Crippen LogP contribution is -2.22. The van der Waals surface area contributed by atoms with Crippen molar-refractivity contribution >= 4 is 23.4 Å². The maximum atomic E-state index is 11.2. The van der Waals surface area contributed by atoms with Gasteiger partial charge >= 0.3 is 11.9 Å². The van der Waals surface area contributed by atoms with E-state index in [9.17, 15) is 14.4 Å². The first-order valence-electron chi connectivity index (χ1n) is 7.23. The van der Waals surface area contributed by atoms with Gasteiger partial charge in [-0.1, -0.05) is 44.7 Å². The Morgan fingerprint density at radius 2 is 1.71 bits per heavy atom. The van der Waals surface area contributed by atoms with E-state index in [4.69, 9.17) is 5.73 Å². The van der Waals surface area contributed by atoms with Crippen LogP contribution in [0, 0.1) is 0 Å². The Bertz CT molecular complexity index is 753. The molecule has 5 heteroatoms. The van der Waals surface area contributed by atoms with Gasteiger partial charge in [-0.3, -0.25) is 9.59 Å². The number of para-hydroxylation sites is 1. The molecule has 0 aromatic heterocycles. The molecule has 1 aliphatic rings. The summed E-state index contributed by atoms with van der Waals surface area (Å²) in [4.78, 5) is 33.0. The molecule has 2 N–H and O–H groups in total. The van der Waals surface area contributed by atoms with Crippen LogP contribution in [0.1, 0.15) is 47.1 Å². The first kappa shape index (κ1) is 19.1. The molecule has 126 valence electrons. The summed E-state index contributed by atoms with van der Waals surface area (Å²) in [7, 11) is 0. The number of ether oxygens (including phenoxy) is 1. The monoisotopic (exact) mass is 327 g/mol. The fourth-order valence-corrected chi connectivity index (χ4v) is 2.16. The molecule has 0 fully saturated rings. The lowest BCUT2D eigenvalue weighted by molar-refractivity contribution is -0.137. The molecule has 0 aliphatic carbocycles. The largest absolute Gasteiger partial charge is 0.398 e. The van der Waals surface area contributed by atoms with Crippen molar-refractivity contribution in [3.8, 4) is 0 Å². The fourth-order valence-electron chi connectivity index (χ4n) is 2.16. The van der Waals surface area contributed by atoms with Crippen LogP contribution >= 0.6 is 0 Å². The molecular weight excluding hydrogens is 306 g/mol. The van der Waals surface area contributed by atoms with Crippen molar-refractivity contribution in [2.75, 3.05) is 5.73 Å². The molecule has 0 amide bonds. The molecule has 0 bridgehead atoms. The Balaban J connectivity index is 0.000000232. The number of Topliss-reactive ketones (excluding diaryl/α,β-unsaturated/α-hetero) is 1. The molecule has 1 heterocycles. The zero-order valence-corrected chi connectivity index (χ0v) is 12.7. The van der Waals surface area contributed by atoms with Gasteiger partial charge in [0.05, 0.1) is 12.0 Å². The normalized spacial score (nSPS) is 12.0. The number of hydrogen-bond acceptors (Lipinski definition) is 5. The number of ketones is 1. The van der Waals surface area contributed by atoms with E-state index in [2.05, 4.69) is 4.74 Å². The van der Waals surface area contributed by atoms with E-state index < -0.39 is 11.9 Å². The maximum Gasteiger partial charge on any atom is 0.346 e. The summed E-state index contributed by atoms with van der Waals surface area (Å²) in [6.07, 6.45) is 0.704. The molecule has 0 saturated heterocycles. The van der Waals surface area contributed by atoms with Crippen LogP contribution in [-0.2, 0) is 16.0 Å². The van der Waals surface area contributed by atoms with E-state index in [-0.39, 0.29) is 19.6 Å². The number of anilines is 1. The summed E-state index contributed by atoms with van der Waals surface area (Å²) in [5, 5.41) is 0. The minimum atomic E-state index is -0.540. The highest BCUT2D eigenvalue weighted by Crippen LogP contribution is 2.16. The summed E-state index contributed by atoms with van der Waals surface area (Å²) in [5.41, 5.74) is 8.03. The molecular formula is C19H21NO4. The van der Waals surface area contributed by atoms with Gasteiger partial charge < -0.3 is 10.5 Å². The Morgan fingerprint density at radius 3 is 2.38 bits per heavy atom. The molecule has 0 saturated carbocycles. The summed E-state index contributed by atoms with van der Waals surface area (Å²) >= 11 is 0. The zero-order valence-electron chi connectivity index (χ0n) is 12.7. The third kappa shape index (κ3) is 4.52. The number of carbonyl (C=O) groups excluding carboxylic acids is 3. The minimum absolute atomic E-state index is 0. The third-order valence-corrected chi connectivity index (χ3v) is 3.36. The molecule has 1 aliphatic heterocycles. The number of nitrogen functional groups attached to an aromatic ring is 1. The van der Waals surface area contributed by atoms with E-state index in [1.807, 2.05) is 19.1 Å². The predicted octanol–water partition coefficient (Wildman–Crippen LogP) is 3.42. The number of benzene rings is 2. The number of rotatable bonds is 2. The maximum absolute atomic E-state index is 11.2. The number of hydrogen-bond donors (Lipinski definition) is 1. The van der Waals surface area contributed by atoms with Gasteiger partial charge in [-0.2, -0.15) is 0 Å². The Hall–Kier alpha value is -2.95. The van der Waals surface area contributed by atoms with E-state index in [0.29, 0.717) is 23.2 Å². The highest BCUT2D eigenvalue weighted by Gasteiger charge is 2.23. The standard InChI is InChI=1S/C9H11NO.C9H6O3.CH4/c1-2-9(11)7-5-3-4-6-8(7)10;10-8-5-6-3-1-2-4-7(6)9(11)12-8;/h3-6H,2,10H2,1H3;1-4H,5H2;1H4. The Kier molecular flexibility index (Phi) is 6.86. The topological polar surface area (TPSA) is 86.5 Å². The van der Waals surface area contributed by atoms with Crippen molar-refractivity contribution in [3.05, 3.63) is 65.2 Å². The first-order chi connectivity index (χ1) is 11.0. The van der Waals surface area contributed by atoms with Crippen LogP contribution in [0.3, 0.4) is 0 Å². The SMILES string of the molecule is C.CCC(=O)c1ccccc1N.O=C1Cc2ccccc2C(=O)O1. The van der Waals surface area contributed by atoms with Crippen molar-refractivity contribution in [1.82, 2.24) is 0 Å². The van der Waals surface area contributed by atoms with Gasteiger partial charge in [0.2, 0.25) is 0 Å². The zero-order chi connectivity index (χ0) is 16.8. The molecule has 2 aromatic carbocycles. The van der Waals surface area contributed by atoms with Crippen molar-refractivity contribution in [1.29, 1.82) is 0 Å². The molecule has 2 aromatic rings. The summed E-state index contributed by atoms with van der Waals surface area (Å²) in [6, 6.07) is 14.1. The lowest BCUT2D eigenvalue weighted by atomic mass is 10.0. The summed E-state index contributed by atoms with van der Waals surface area (Å²) < 4.78 is 4.43. The highest BCUT2D eigenvalue weighted by molar-refractivity contribution is 6.02. The average Bonchev–Trinajstić information content (AvgIpc) is 2.55. The van der Waals surface area contributed by atoms with Crippen LogP contribution in [0.15, 0.2) is 48.5 Å². The second-order valence-electron chi connectivity index (χ2n) is 4.96. The van der Waals surface area contributed by atoms with E-state index >= 15 is 0 Å². The summed E-state index contributed by atoms with van der Waals surface area (Å²) in [6.45, 7) is 1.83. The van der Waals surface area contributed by atoms with Crippen LogP contribution in [0.2, 0.25) is 0 Å². The summed E-state index contributed by atoms with van der Waals surface area (Å²) in [5.74, 6) is -0.913. The second-order valence-corrected chi connectivity index (χ2v) is 4.96. The molecule has 0 atom stereocenters. The van der Waals surface area contributed by atoms with Gasteiger partial charge in [-0.25, -0.2) is 4.79 Å².